The van der Waals surface area contributed by atoms with Gasteiger partial charge in [-0.3, -0.25) is 0 Å². The highest BCUT2D eigenvalue weighted by Crippen LogP contribution is 2.21. The molecule has 3 nitrogen and oxygen atoms in total. The number of rotatable bonds is 3. The lowest BCUT2D eigenvalue weighted by atomic mass is 10.2. The lowest BCUT2D eigenvalue weighted by molar-refractivity contribution is 0.514. The molecule has 2 aromatic rings. The van der Waals surface area contributed by atoms with Gasteiger partial charge < -0.3 is 4.42 Å². The van der Waals surface area contributed by atoms with Crippen molar-refractivity contribution in [3.8, 4) is 11.5 Å². The van der Waals surface area contributed by atoms with Crippen molar-refractivity contribution in [2.24, 2.45) is 0 Å². The summed E-state index contributed by atoms with van der Waals surface area (Å²) in [7, 11) is 0. The van der Waals surface area contributed by atoms with E-state index in [1.807, 2.05) is 12.1 Å². The van der Waals surface area contributed by atoms with Crippen LogP contribution in [0.25, 0.3) is 11.5 Å². The van der Waals surface area contributed by atoms with Crippen LogP contribution < -0.4 is 0 Å². The maximum atomic E-state index is 5.86. The van der Waals surface area contributed by atoms with Crippen molar-refractivity contribution >= 4 is 24.2 Å². The van der Waals surface area contributed by atoms with E-state index in [1.54, 1.807) is 12.1 Å². The van der Waals surface area contributed by atoms with E-state index in [-0.39, 0.29) is 0 Å². The van der Waals surface area contributed by atoms with E-state index in [2.05, 4.69) is 22.8 Å². The van der Waals surface area contributed by atoms with Crippen molar-refractivity contribution in [3.05, 3.63) is 35.2 Å². The van der Waals surface area contributed by atoms with Crippen LogP contribution in [0.1, 0.15) is 5.89 Å². The molecule has 0 amide bonds. The second kappa shape index (κ2) is 4.68. The van der Waals surface area contributed by atoms with Gasteiger partial charge in [0, 0.05) is 17.0 Å². The van der Waals surface area contributed by atoms with Gasteiger partial charge >= 0.3 is 0 Å². The highest BCUT2D eigenvalue weighted by atomic mass is 35.5. The van der Waals surface area contributed by atoms with Gasteiger partial charge in [0.25, 0.3) is 0 Å². The highest BCUT2D eigenvalue weighted by Gasteiger charge is 2.07. The molecule has 0 bridgehead atoms. The third-order valence-corrected chi connectivity index (χ3v) is 2.32. The fraction of sp³-hybridized carbons (Fsp3) is 0.200. The Balaban J connectivity index is 2.29. The predicted molar refractivity (Wildman–Crippen MR) is 62.3 cm³/mol. The number of hydrogen-bond donors (Lipinski definition) is 1. The van der Waals surface area contributed by atoms with E-state index >= 15 is 0 Å². The third-order valence-electron chi connectivity index (χ3n) is 1.86. The van der Waals surface area contributed by atoms with Gasteiger partial charge in [0.2, 0.25) is 11.8 Å². The van der Waals surface area contributed by atoms with E-state index in [9.17, 15) is 0 Å². The fourth-order valence-electron chi connectivity index (χ4n) is 1.19. The van der Waals surface area contributed by atoms with Crippen LogP contribution in [0.2, 0.25) is 5.02 Å². The zero-order chi connectivity index (χ0) is 10.7. The summed E-state index contributed by atoms with van der Waals surface area (Å²) in [5.41, 5.74) is 0.834. The molecule has 0 saturated carbocycles. The normalized spacial score (nSPS) is 10.5. The number of hydrogen-bond acceptors (Lipinski definition) is 4. The molecule has 78 valence electrons. The van der Waals surface area contributed by atoms with Gasteiger partial charge in [0.15, 0.2) is 0 Å². The smallest absolute Gasteiger partial charge is 0.247 e. The van der Waals surface area contributed by atoms with Gasteiger partial charge in [-0.15, -0.1) is 10.2 Å². The molecule has 2 rings (SSSR count). The quantitative estimate of drug-likeness (QED) is 0.839. The van der Waals surface area contributed by atoms with Gasteiger partial charge in [-0.05, 0) is 24.0 Å². The van der Waals surface area contributed by atoms with Crippen molar-refractivity contribution in [2.75, 3.05) is 5.75 Å². The van der Waals surface area contributed by atoms with Crippen molar-refractivity contribution in [1.82, 2.24) is 10.2 Å². The summed E-state index contributed by atoms with van der Waals surface area (Å²) in [5.74, 6) is 1.78. The van der Waals surface area contributed by atoms with E-state index in [4.69, 9.17) is 16.0 Å². The Kier molecular flexibility index (Phi) is 3.28. The van der Waals surface area contributed by atoms with Crippen molar-refractivity contribution in [1.29, 1.82) is 0 Å². The minimum Gasteiger partial charge on any atom is -0.421 e. The van der Waals surface area contributed by atoms with Crippen molar-refractivity contribution in [3.63, 3.8) is 0 Å². The molecule has 1 aromatic heterocycles. The molecule has 0 unspecified atom stereocenters. The van der Waals surface area contributed by atoms with Gasteiger partial charge in [0.05, 0.1) is 0 Å². The van der Waals surface area contributed by atoms with E-state index in [1.165, 1.54) is 0 Å². The zero-order valence-electron chi connectivity index (χ0n) is 7.85. The molecule has 0 aliphatic carbocycles. The predicted octanol–water partition coefficient (Wildman–Crippen LogP) is 2.86. The summed E-state index contributed by atoms with van der Waals surface area (Å²) in [4.78, 5) is 0. The first-order valence-corrected chi connectivity index (χ1v) is 5.50. The molecule has 0 fully saturated rings. The Labute approximate surface area is 97.9 Å². The maximum Gasteiger partial charge on any atom is 0.247 e. The fourth-order valence-corrected chi connectivity index (χ4v) is 1.57. The van der Waals surface area contributed by atoms with Crippen LogP contribution in [-0.4, -0.2) is 16.0 Å². The molecular formula is C10H9ClN2OS. The van der Waals surface area contributed by atoms with Gasteiger partial charge in [-0.1, -0.05) is 17.7 Å². The van der Waals surface area contributed by atoms with Crippen LogP contribution in [0.4, 0.5) is 0 Å². The Hall–Kier alpha value is -1.00. The first-order chi connectivity index (χ1) is 7.29. The second-order valence-electron chi connectivity index (χ2n) is 2.98. The standard InChI is InChI=1S/C10H9ClN2OS/c11-8-3-1-2-7(6-8)10-13-12-9(14-10)4-5-15/h1-3,6,15H,4-5H2. The summed E-state index contributed by atoms with van der Waals surface area (Å²) >= 11 is 9.96. The summed E-state index contributed by atoms with van der Waals surface area (Å²) in [6.07, 6.45) is 0.677. The molecule has 0 atom stereocenters. The Morgan fingerprint density at radius 2 is 2.20 bits per heavy atom. The molecule has 0 aliphatic rings. The van der Waals surface area contributed by atoms with Gasteiger partial charge in [0.1, 0.15) is 0 Å². The molecule has 0 saturated heterocycles. The lowest BCUT2D eigenvalue weighted by Crippen LogP contribution is -1.84. The molecule has 15 heavy (non-hydrogen) atoms. The molecule has 0 N–H and O–H groups in total. The first kappa shape index (κ1) is 10.5. The van der Waals surface area contributed by atoms with E-state index in [0.717, 1.165) is 5.56 Å². The average Bonchev–Trinajstić information content (AvgIpc) is 2.67. The Bertz CT molecular complexity index is 458. The van der Waals surface area contributed by atoms with Gasteiger partial charge in [-0.25, -0.2) is 0 Å². The van der Waals surface area contributed by atoms with E-state index in [0.29, 0.717) is 29.0 Å². The Morgan fingerprint density at radius 1 is 1.33 bits per heavy atom. The number of benzene rings is 1. The molecule has 1 heterocycles. The lowest BCUT2D eigenvalue weighted by Gasteiger charge is -1.94. The molecule has 0 radical (unpaired) electrons. The number of halogens is 1. The van der Waals surface area contributed by atoms with Crippen molar-refractivity contribution in [2.45, 2.75) is 6.42 Å². The van der Waals surface area contributed by atoms with Crippen LogP contribution in [0.3, 0.4) is 0 Å². The summed E-state index contributed by atoms with van der Waals surface area (Å²) in [5, 5.41) is 8.49. The average molecular weight is 241 g/mol. The minimum absolute atomic E-state index is 0.495. The molecule has 0 spiro atoms. The summed E-state index contributed by atoms with van der Waals surface area (Å²) in [6.45, 7) is 0. The number of aryl methyl sites for hydroxylation is 1. The molecule has 5 heteroatoms. The maximum absolute atomic E-state index is 5.86. The topological polar surface area (TPSA) is 38.9 Å². The second-order valence-corrected chi connectivity index (χ2v) is 3.87. The highest BCUT2D eigenvalue weighted by molar-refractivity contribution is 7.80. The molecule has 0 aliphatic heterocycles. The van der Waals surface area contributed by atoms with Crippen LogP contribution in [-0.2, 0) is 6.42 Å². The minimum atomic E-state index is 0.495. The summed E-state index contributed by atoms with van der Waals surface area (Å²) < 4.78 is 5.44. The zero-order valence-corrected chi connectivity index (χ0v) is 9.50. The summed E-state index contributed by atoms with van der Waals surface area (Å²) in [6, 6.07) is 7.32. The van der Waals surface area contributed by atoms with Crippen LogP contribution in [0, 0.1) is 0 Å². The number of thiol groups is 1. The molecular weight excluding hydrogens is 232 g/mol. The monoisotopic (exact) mass is 240 g/mol. The number of aromatic nitrogens is 2. The van der Waals surface area contributed by atoms with E-state index < -0.39 is 0 Å². The SMILES string of the molecule is SCCc1nnc(-c2cccc(Cl)c2)o1. The van der Waals surface area contributed by atoms with Crippen LogP contribution >= 0.6 is 24.2 Å². The van der Waals surface area contributed by atoms with Gasteiger partial charge in [-0.2, -0.15) is 12.6 Å². The Morgan fingerprint density at radius 3 is 2.93 bits per heavy atom. The van der Waals surface area contributed by atoms with Crippen LogP contribution in [0.15, 0.2) is 28.7 Å². The third kappa shape index (κ3) is 2.52. The van der Waals surface area contributed by atoms with Crippen molar-refractivity contribution < 1.29 is 4.42 Å². The molecule has 1 aromatic carbocycles. The number of nitrogens with zero attached hydrogens (tertiary/aromatic N) is 2. The largest absolute Gasteiger partial charge is 0.421 e. The van der Waals surface area contributed by atoms with Crippen LogP contribution in [0.5, 0.6) is 0 Å². The first-order valence-electron chi connectivity index (χ1n) is 4.49.